The molecule has 11 heteroatoms. The summed E-state index contributed by atoms with van der Waals surface area (Å²) in [6.45, 7) is 1.22. The van der Waals surface area contributed by atoms with E-state index in [0.29, 0.717) is 35.3 Å². The fourth-order valence-electron chi connectivity index (χ4n) is 3.92. The van der Waals surface area contributed by atoms with Gasteiger partial charge in [-0.05, 0) is 43.7 Å². The summed E-state index contributed by atoms with van der Waals surface area (Å²) in [4.78, 5) is 21.7. The van der Waals surface area contributed by atoms with Crippen molar-refractivity contribution in [3.8, 4) is 28.7 Å². The normalized spacial score (nSPS) is 15.9. The lowest BCUT2D eigenvalue weighted by molar-refractivity contribution is 0.0845. The number of pyridine rings is 2. The number of aromatic nitrogens is 4. The number of hydrogen-bond donors (Lipinski definition) is 1. The molecular formula is C25H23F2N5O3S. The first-order valence-electron chi connectivity index (χ1n) is 11.6. The van der Waals surface area contributed by atoms with Crippen molar-refractivity contribution >= 4 is 22.4 Å². The molecule has 186 valence electrons. The van der Waals surface area contributed by atoms with Gasteiger partial charge in [-0.2, -0.15) is 0 Å². The fourth-order valence-corrected chi connectivity index (χ4v) is 4.52. The van der Waals surface area contributed by atoms with E-state index in [-0.39, 0.29) is 22.4 Å². The molecule has 3 aromatic heterocycles. The Bertz CT molecular complexity index is 1330. The summed E-state index contributed by atoms with van der Waals surface area (Å²) in [5.41, 5.74) is 1.29. The molecule has 1 aliphatic carbocycles. The van der Waals surface area contributed by atoms with Crippen LogP contribution in [0.1, 0.15) is 64.8 Å². The maximum absolute atomic E-state index is 13.5. The number of amides is 1. The van der Waals surface area contributed by atoms with Crippen LogP contribution in [0.25, 0.3) is 11.1 Å². The van der Waals surface area contributed by atoms with Crippen molar-refractivity contribution in [1.82, 2.24) is 20.2 Å². The minimum absolute atomic E-state index is 0.132. The summed E-state index contributed by atoms with van der Waals surface area (Å²) >= 11 is 1.17. The smallest absolute Gasteiger partial charge is 0.280 e. The Kier molecular flexibility index (Phi) is 7.16. The molecule has 3 aromatic rings. The molecule has 1 aliphatic heterocycles. The molecule has 0 aromatic carbocycles. The van der Waals surface area contributed by atoms with E-state index in [2.05, 4.69) is 37.3 Å². The van der Waals surface area contributed by atoms with Crippen molar-refractivity contribution in [3.63, 3.8) is 0 Å². The molecule has 0 bridgehead atoms. The third-order valence-electron chi connectivity index (χ3n) is 6.04. The van der Waals surface area contributed by atoms with Gasteiger partial charge >= 0.3 is 0 Å². The quantitative estimate of drug-likeness (QED) is 0.473. The van der Waals surface area contributed by atoms with Crippen LogP contribution in [0.5, 0.6) is 5.75 Å². The topological polar surface area (TPSA) is 99.1 Å². The number of ether oxygens (including phenoxy) is 2. The zero-order chi connectivity index (χ0) is 25.1. The molecule has 1 amide bonds. The van der Waals surface area contributed by atoms with E-state index in [4.69, 9.17) is 9.47 Å². The number of hydrogen-bond acceptors (Lipinski definition) is 8. The standard InChI is InChI=1S/C25H23F2N5O3S/c1-34-21-13-29-20(23(26)27)11-17(21)16-10-19(15-6-8-35-9-7-15)28-12-18(16)24(33)30-25-32-31-22(36-25)5-4-14-2-3-14/h10-15,23H,2-3,6-9H2,1H3,(H,30,32,33). The average molecular weight is 512 g/mol. The summed E-state index contributed by atoms with van der Waals surface area (Å²) in [6, 6.07) is 3.02. The van der Waals surface area contributed by atoms with Gasteiger partial charge in [0.25, 0.3) is 12.3 Å². The number of alkyl halides is 2. The molecule has 8 nitrogen and oxygen atoms in total. The summed E-state index contributed by atoms with van der Waals surface area (Å²) in [6.07, 6.45) is 3.68. The molecule has 0 spiro atoms. The van der Waals surface area contributed by atoms with Gasteiger partial charge in [0.15, 0.2) is 5.01 Å². The molecule has 1 saturated heterocycles. The van der Waals surface area contributed by atoms with Crippen LogP contribution >= 0.6 is 11.3 Å². The molecule has 2 fully saturated rings. The van der Waals surface area contributed by atoms with Crippen molar-refractivity contribution in [2.24, 2.45) is 5.92 Å². The minimum Gasteiger partial charge on any atom is -0.494 e. The van der Waals surface area contributed by atoms with Gasteiger partial charge in [0.2, 0.25) is 5.13 Å². The van der Waals surface area contributed by atoms with Crippen LogP contribution in [0.15, 0.2) is 24.5 Å². The maximum Gasteiger partial charge on any atom is 0.280 e. The first-order valence-corrected chi connectivity index (χ1v) is 12.4. The summed E-state index contributed by atoms with van der Waals surface area (Å²) in [5.74, 6) is 6.42. The highest BCUT2D eigenvalue weighted by molar-refractivity contribution is 7.15. The highest BCUT2D eigenvalue weighted by atomic mass is 32.1. The number of nitrogens with zero attached hydrogens (tertiary/aromatic N) is 4. The summed E-state index contributed by atoms with van der Waals surface area (Å²) in [5, 5.41) is 11.6. The van der Waals surface area contributed by atoms with Gasteiger partial charge in [0.1, 0.15) is 11.4 Å². The van der Waals surface area contributed by atoms with Gasteiger partial charge in [0, 0.05) is 48.1 Å². The van der Waals surface area contributed by atoms with E-state index < -0.39 is 18.0 Å². The molecule has 0 unspecified atom stereocenters. The van der Waals surface area contributed by atoms with Gasteiger partial charge in [-0.3, -0.25) is 20.1 Å². The predicted molar refractivity (Wildman–Crippen MR) is 129 cm³/mol. The number of anilines is 1. The van der Waals surface area contributed by atoms with E-state index in [0.717, 1.165) is 31.4 Å². The van der Waals surface area contributed by atoms with Crippen LogP contribution < -0.4 is 10.1 Å². The van der Waals surface area contributed by atoms with Crippen LogP contribution in [0.3, 0.4) is 0 Å². The fraction of sp³-hybridized carbons (Fsp3) is 0.400. The molecule has 0 radical (unpaired) electrons. The number of methoxy groups -OCH3 is 1. The second-order valence-corrected chi connectivity index (χ2v) is 9.54. The van der Waals surface area contributed by atoms with Crippen LogP contribution in [0, 0.1) is 17.8 Å². The molecule has 0 atom stereocenters. The average Bonchev–Trinajstić information content (AvgIpc) is 3.64. The van der Waals surface area contributed by atoms with Crippen molar-refractivity contribution < 1.29 is 23.0 Å². The molecular weight excluding hydrogens is 488 g/mol. The molecule has 1 N–H and O–H groups in total. The number of halogens is 2. The van der Waals surface area contributed by atoms with Crippen molar-refractivity contribution in [3.05, 3.63) is 46.5 Å². The number of carbonyl (C=O) groups is 1. The van der Waals surface area contributed by atoms with Gasteiger partial charge in [0.05, 0.1) is 18.9 Å². The number of carbonyl (C=O) groups excluding carboxylic acids is 1. The Morgan fingerprint density at radius 3 is 2.67 bits per heavy atom. The second kappa shape index (κ2) is 10.6. The SMILES string of the molecule is COc1cnc(C(F)F)cc1-c1cc(C2CCOCC2)ncc1C(=O)Nc1nnc(C#CC2CC2)s1. The van der Waals surface area contributed by atoms with E-state index >= 15 is 0 Å². The largest absolute Gasteiger partial charge is 0.494 e. The van der Waals surface area contributed by atoms with Crippen LogP contribution in [0.4, 0.5) is 13.9 Å². The molecule has 5 rings (SSSR count). The number of nitrogens with one attached hydrogen (secondary N) is 1. The zero-order valence-corrected chi connectivity index (χ0v) is 20.3. The van der Waals surface area contributed by atoms with E-state index in [1.54, 1.807) is 6.07 Å². The highest BCUT2D eigenvalue weighted by Crippen LogP contribution is 2.37. The third kappa shape index (κ3) is 5.50. The monoisotopic (exact) mass is 511 g/mol. The molecule has 1 saturated carbocycles. The van der Waals surface area contributed by atoms with Gasteiger partial charge in [-0.15, -0.1) is 10.2 Å². The lowest BCUT2D eigenvalue weighted by Crippen LogP contribution is -2.17. The van der Waals surface area contributed by atoms with Crippen molar-refractivity contribution in [2.75, 3.05) is 25.6 Å². The summed E-state index contributed by atoms with van der Waals surface area (Å²) in [7, 11) is 1.42. The van der Waals surface area contributed by atoms with E-state index in [1.165, 1.54) is 36.9 Å². The van der Waals surface area contributed by atoms with Gasteiger partial charge in [-0.25, -0.2) is 8.78 Å². The summed E-state index contributed by atoms with van der Waals surface area (Å²) < 4.78 is 37.9. The lowest BCUT2D eigenvalue weighted by Gasteiger charge is -2.23. The van der Waals surface area contributed by atoms with Crippen LogP contribution in [0.2, 0.25) is 0 Å². The molecule has 36 heavy (non-hydrogen) atoms. The maximum atomic E-state index is 13.5. The Balaban J connectivity index is 1.51. The Morgan fingerprint density at radius 1 is 1.14 bits per heavy atom. The zero-order valence-electron chi connectivity index (χ0n) is 19.5. The lowest BCUT2D eigenvalue weighted by atomic mass is 9.92. The van der Waals surface area contributed by atoms with E-state index in [9.17, 15) is 13.6 Å². The van der Waals surface area contributed by atoms with Crippen molar-refractivity contribution in [2.45, 2.75) is 38.0 Å². The van der Waals surface area contributed by atoms with Gasteiger partial charge < -0.3 is 9.47 Å². The Morgan fingerprint density at radius 2 is 1.94 bits per heavy atom. The van der Waals surface area contributed by atoms with Gasteiger partial charge in [-0.1, -0.05) is 17.3 Å². The first kappa shape index (κ1) is 24.2. The van der Waals surface area contributed by atoms with Crippen LogP contribution in [-0.4, -0.2) is 46.4 Å². The molecule has 4 heterocycles. The van der Waals surface area contributed by atoms with Crippen LogP contribution in [-0.2, 0) is 4.74 Å². The number of rotatable bonds is 6. The van der Waals surface area contributed by atoms with E-state index in [1.807, 2.05) is 0 Å². The predicted octanol–water partition coefficient (Wildman–Crippen LogP) is 4.85. The second-order valence-electron chi connectivity index (χ2n) is 8.56. The third-order valence-corrected chi connectivity index (χ3v) is 6.79. The highest BCUT2D eigenvalue weighted by Gasteiger charge is 2.24. The van der Waals surface area contributed by atoms with Crippen molar-refractivity contribution in [1.29, 1.82) is 0 Å². The molecule has 2 aliphatic rings. The first-order chi connectivity index (χ1) is 17.5. The Hall–Kier alpha value is -3.49. The minimum atomic E-state index is -2.78. The Labute approximate surface area is 210 Å².